The largest absolute Gasteiger partial charge is 0.338 e. The third-order valence-corrected chi connectivity index (χ3v) is 3.92. The van der Waals surface area contributed by atoms with Gasteiger partial charge in [-0.05, 0) is 12.8 Å². The van der Waals surface area contributed by atoms with Gasteiger partial charge in [0.25, 0.3) is 0 Å². The first-order chi connectivity index (χ1) is 7.27. The van der Waals surface area contributed by atoms with E-state index in [1.165, 1.54) is 44.9 Å². The number of likely N-dealkylation sites (tertiary alicyclic amines) is 1. The van der Waals surface area contributed by atoms with Crippen molar-refractivity contribution in [1.29, 1.82) is 0 Å². The molecule has 0 N–H and O–H groups in total. The van der Waals surface area contributed by atoms with Crippen LogP contribution in [-0.4, -0.2) is 28.8 Å². The second-order valence-corrected chi connectivity index (χ2v) is 5.46. The minimum absolute atomic E-state index is 0.0583. The van der Waals surface area contributed by atoms with Crippen LogP contribution in [-0.2, 0) is 4.79 Å². The lowest BCUT2D eigenvalue weighted by Gasteiger charge is -2.29. The second kappa shape index (κ2) is 5.20. The maximum absolute atomic E-state index is 11.7. The van der Waals surface area contributed by atoms with Gasteiger partial charge < -0.3 is 4.90 Å². The molecule has 2 aliphatic rings. The molecule has 1 saturated heterocycles. The Balaban J connectivity index is 1.92. The van der Waals surface area contributed by atoms with Crippen LogP contribution in [0.1, 0.15) is 51.4 Å². The van der Waals surface area contributed by atoms with Crippen LogP contribution in [0.4, 0.5) is 0 Å². The summed E-state index contributed by atoms with van der Waals surface area (Å²) in [6.07, 6.45) is 9.54. The SMILES string of the molecule is O=C1CC(Cl)CN1C1CCCCCCC1. The summed E-state index contributed by atoms with van der Waals surface area (Å²) in [5, 5.41) is 0.0583. The summed E-state index contributed by atoms with van der Waals surface area (Å²) in [4.78, 5) is 13.8. The second-order valence-electron chi connectivity index (χ2n) is 4.85. The molecule has 1 unspecified atom stereocenters. The first-order valence-corrected chi connectivity index (χ1v) is 6.64. The van der Waals surface area contributed by atoms with Crippen molar-refractivity contribution in [2.24, 2.45) is 0 Å². The van der Waals surface area contributed by atoms with Gasteiger partial charge in [0.15, 0.2) is 0 Å². The fraction of sp³-hybridized carbons (Fsp3) is 0.917. The minimum Gasteiger partial charge on any atom is -0.338 e. The lowest BCUT2D eigenvalue weighted by atomic mass is 9.96. The van der Waals surface area contributed by atoms with Crippen molar-refractivity contribution in [2.45, 2.75) is 62.8 Å². The van der Waals surface area contributed by atoms with Crippen molar-refractivity contribution in [2.75, 3.05) is 6.54 Å². The summed E-state index contributed by atoms with van der Waals surface area (Å²) in [6, 6.07) is 0.488. The monoisotopic (exact) mass is 229 g/mol. The molecule has 86 valence electrons. The van der Waals surface area contributed by atoms with Gasteiger partial charge in [0.05, 0.1) is 5.38 Å². The third-order valence-electron chi connectivity index (χ3n) is 3.63. The standard InChI is InChI=1S/C12H20ClNO/c13-10-8-12(15)14(9-10)11-6-4-2-1-3-5-7-11/h10-11H,1-9H2. The molecule has 3 heteroatoms. The van der Waals surface area contributed by atoms with Crippen LogP contribution in [0.15, 0.2) is 0 Å². The number of hydrogen-bond donors (Lipinski definition) is 0. The van der Waals surface area contributed by atoms with E-state index in [-0.39, 0.29) is 11.3 Å². The van der Waals surface area contributed by atoms with Gasteiger partial charge in [-0.3, -0.25) is 4.79 Å². The Morgan fingerprint density at radius 1 is 1.07 bits per heavy atom. The highest BCUT2D eigenvalue weighted by Crippen LogP contribution is 2.26. The molecule has 0 aromatic rings. The number of halogens is 1. The first-order valence-electron chi connectivity index (χ1n) is 6.21. The van der Waals surface area contributed by atoms with Gasteiger partial charge in [-0.25, -0.2) is 0 Å². The predicted octanol–water partition coefficient (Wildman–Crippen LogP) is 2.94. The number of amides is 1. The van der Waals surface area contributed by atoms with Crippen molar-refractivity contribution < 1.29 is 4.79 Å². The molecule has 0 bridgehead atoms. The first kappa shape index (κ1) is 11.3. The van der Waals surface area contributed by atoms with E-state index in [9.17, 15) is 4.79 Å². The molecule has 1 heterocycles. The molecule has 1 aliphatic heterocycles. The van der Waals surface area contributed by atoms with E-state index < -0.39 is 0 Å². The normalized spacial score (nSPS) is 30.3. The van der Waals surface area contributed by atoms with Gasteiger partial charge in [0, 0.05) is 19.0 Å². The molecule has 0 spiro atoms. The van der Waals surface area contributed by atoms with E-state index in [1.54, 1.807) is 0 Å². The Morgan fingerprint density at radius 2 is 1.67 bits per heavy atom. The highest BCUT2D eigenvalue weighted by molar-refractivity contribution is 6.22. The molecule has 1 atom stereocenters. The quantitative estimate of drug-likeness (QED) is 0.634. The van der Waals surface area contributed by atoms with E-state index in [0.29, 0.717) is 12.5 Å². The molecular weight excluding hydrogens is 210 g/mol. The highest BCUT2D eigenvalue weighted by atomic mass is 35.5. The third kappa shape index (κ3) is 2.87. The molecule has 2 fully saturated rings. The predicted molar refractivity (Wildman–Crippen MR) is 62.1 cm³/mol. The van der Waals surface area contributed by atoms with E-state index >= 15 is 0 Å². The molecule has 0 radical (unpaired) electrons. The molecule has 2 rings (SSSR count). The molecule has 1 saturated carbocycles. The smallest absolute Gasteiger partial charge is 0.224 e. The summed E-state index contributed by atoms with van der Waals surface area (Å²) in [6.45, 7) is 0.783. The maximum atomic E-state index is 11.7. The molecular formula is C12H20ClNO. The number of rotatable bonds is 1. The molecule has 1 aliphatic carbocycles. The Bertz CT molecular complexity index is 224. The zero-order valence-electron chi connectivity index (χ0n) is 9.25. The summed E-state index contributed by atoms with van der Waals surface area (Å²) in [5.41, 5.74) is 0. The zero-order valence-corrected chi connectivity index (χ0v) is 10.0. The van der Waals surface area contributed by atoms with Crippen molar-refractivity contribution in [3.63, 3.8) is 0 Å². The molecule has 15 heavy (non-hydrogen) atoms. The number of carbonyl (C=O) groups is 1. The van der Waals surface area contributed by atoms with Gasteiger partial charge >= 0.3 is 0 Å². The van der Waals surface area contributed by atoms with Crippen LogP contribution in [0.2, 0.25) is 0 Å². The summed E-state index contributed by atoms with van der Waals surface area (Å²) in [7, 11) is 0. The average Bonchev–Trinajstić information content (AvgIpc) is 2.45. The van der Waals surface area contributed by atoms with Crippen LogP contribution < -0.4 is 0 Å². The van der Waals surface area contributed by atoms with Crippen molar-refractivity contribution in [3.05, 3.63) is 0 Å². The molecule has 0 aromatic heterocycles. The maximum Gasteiger partial charge on any atom is 0.224 e. The molecule has 0 aromatic carbocycles. The fourth-order valence-electron chi connectivity index (χ4n) is 2.79. The van der Waals surface area contributed by atoms with Crippen LogP contribution >= 0.6 is 11.6 Å². The Kier molecular flexibility index (Phi) is 3.90. The van der Waals surface area contributed by atoms with E-state index in [2.05, 4.69) is 0 Å². The number of hydrogen-bond acceptors (Lipinski definition) is 1. The lowest BCUT2D eigenvalue weighted by molar-refractivity contribution is -0.130. The van der Waals surface area contributed by atoms with Crippen LogP contribution in [0.5, 0.6) is 0 Å². The summed E-state index contributed by atoms with van der Waals surface area (Å²) < 4.78 is 0. The number of alkyl halides is 1. The summed E-state index contributed by atoms with van der Waals surface area (Å²) in [5.74, 6) is 0.278. The van der Waals surface area contributed by atoms with Crippen molar-refractivity contribution in [3.8, 4) is 0 Å². The highest BCUT2D eigenvalue weighted by Gasteiger charge is 2.32. The fourth-order valence-corrected chi connectivity index (χ4v) is 3.07. The van der Waals surface area contributed by atoms with Crippen molar-refractivity contribution >= 4 is 17.5 Å². The molecule has 2 nitrogen and oxygen atoms in total. The van der Waals surface area contributed by atoms with E-state index in [0.717, 1.165) is 6.54 Å². The van der Waals surface area contributed by atoms with E-state index in [4.69, 9.17) is 11.6 Å². The van der Waals surface area contributed by atoms with E-state index in [1.807, 2.05) is 4.90 Å². The topological polar surface area (TPSA) is 20.3 Å². The van der Waals surface area contributed by atoms with Gasteiger partial charge in [-0.1, -0.05) is 32.1 Å². The zero-order chi connectivity index (χ0) is 10.7. The molecule has 1 amide bonds. The average molecular weight is 230 g/mol. The van der Waals surface area contributed by atoms with Gasteiger partial charge in [0.2, 0.25) is 5.91 Å². The number of carbonyl (C=O) groups excluding carboxylic acids is 1. The summed E-state index contributed by atoms with van der Waals surface area (Å²) >= 11 is 6.03. The van der Waals surface area contributed by atoms with Crippen LogP contribution in [0, 0.1) is 0 Å². The van der Waals surface area contributed by atoms with Crippen molar-refractivity contribution in [1.82, 2.24) is 4.90 Å². The Morgan fingerprint density at radius 3 is 2.20 bits per heavy atom. The number of nitrogens with zero attached hydrogens (tertiary/aromatic N) is 1. The van der Waals surface area contributed by atoms with Crippen LogP contribution in [0.25, 0.3) is 0 Å². The van der Waals surface area contributed by atoms with Gasteiger partial charge in [0.1, 0.15) is 0 Å². The Labute approximate surface area is 97.0 Å². The van der Waals surface area contributed by atoms with Crippen LogP contribution in [0.3, 0.4) is 0 Å². The Hall–Kier alpha value is -0.240. The lowest BCUT2D eigenvalue weighted by Crippen LogP contribution is -2.37. The minimum atomic E-state index is 0.0583. The van der Waals surface area contributed by atoms with Gasteiger partial charge in [-0.2, -0.15) is 0 Å². The van der Waals surface area contributed by atoms with Gasteiger partial charge in [-0.15, -0.1) is 11.6 Å².